The Morgan fingerprint density at radius 1 is 1.17 bits per heavy atom. The molecule has 1 saturated carbocycles. The first-order valence-corrected chi connectivity index (χ1v) is 8.30. The van der Waals surface area contributed by atoms with Crippen LogP contribution in [0.4, 0.5) is 0 Å². The molecular formula is C18H23NO4. The van der Waals surface area contributed by atoms with Gasteiger partial charge in [0.05, 0.1) is 18.6 Å². The van der Waals surface area contributed by atoms with Gasteiger partial charge in [-0.3, -0.25) is 9.59 Å². The van der Waals surface area contributed by atoms with Crippen LogP contribution in [0.5, 0.6) is 0 Å². The molecule has 1 aromatic rings. The summed E-state index contributed by atoms with van der Waals surface area (Å²) in [7, 11) is 0. The molecule has 2 fully saturated rings. The Morgan fingerprint density at radius 3 is 2.61 bits per heavy atom. The number of hydrogen-bond donors (Lipinski definition) is 1. The van der Waals surface area contributed by atoms with E-state index in [2.05, 4.69) is 12.1 Å². The molecule has 1 N–H and O–H groups in total. The van der Waals surface area contributed by atoms with Gasteiger partial charge in [-0.2, -0.15) is 0 Å². The van der Waals surface area contributed by atoms with Crippen molar-refractivity contribution in [3.8, 4) is 0 Å². The highest BCUT2D eigenvalue weighted by atomic mass is 16.5. The monoisotopic (exact) mass is 317 g/mol. The summed E-state index contributed by atoms with van der Waals surface area (Å²) in [6.07, 6.45) is 2.61. The summed E-state index contributed by atoms with van der Waals surface area (Å²) in [4.78, 5) is 25.6. The predicted molar refractivity (Wildman–Crippen MR) is 84.9 cm³/mol. The fourth-order valence-corrected chi connectivity index (χ4v) is 3.61. The van der Waals surface area contributed by atoms with E-state index in [1.54, 1.807) is 0 Å². The van der Waals surface area contributed by atoms with E-state index >= 15 is 0 Å². The Morgan fingerprint density at radius 2 is 1.91 bits per heavy atom. The highest BCUT2D eigenvalue weighted by molar-refractivity contribution is 5.81. The molecule has 3 atom stereocenters. The van der Waals surface area contributed by atoms with Crippen molar-refractivity contribution in [2.24, 2.45) is 11.8 Å². The van der Waals surface area contributed by atoms with Crippen LogP contribution >= 0.6 is 0 Å². The van der Waals surface area contributed by atoms with Crippen LogP contribution in [0.2, 0.25) is 0 Å². The topological polar surface area (TPSA) is 66.8 Å². The van der Waals surface area contributed by atoms with Crippen LogP contribution in [0.3, 0.4) is 0 Å². The van der Waals surface area contributed by atoms with E-state index in [4.69, 9.17) is 9.84 Å². The molecule has 0 aromatic heterocycles. The zero-order chi connectivity index (χ0) is 16.2. The molecule has 1 aromatic carbocycles. The summed E-state index contributed by atoms with van der Waals surface area (Å²) < 4.78 is 5.80. The number of nitrogens with zero attached hydrogens (tertiary/aromatic N) is 1. The van der Waals surface area contributed by atoms with Crippen molar-refractivity contribution >= 4 is 11.9 Å². The lowest BCUT2D eigenvalue weighted by Crippen LogP contribution is -2.48. The quantitative estimate of drug-likeness (QED) is 0.922. The maximum absolute atomic E-state index is 12.6. The predicted octanol–water partition coefficient (Wildman–Crippen LogP) is 1.96. The zero-order valence-electron chi connectivity index (χ0n) is 13.2. The summed E-state index contributed by atoms with van der Waals surface area (Å²) in [5.41, 5.74) is 1.21. The SMILES string of the molecule is O=C(O)[C@@H]1CC[C@H](C(=O)N2CCOC(Cc3ccccc3)C2)C1. The van der Waals surface area contributed by atoms with Crippen LogP contribution in [0.25, 0.3) is 0 Å². The van der Waals surface area contributed by atoms with Gasteiger partial charge in [-0.05, 0) is 24.8 Å². The second-order valence-electron chi connectivity index (χ2n) is 6.51. The van der Waals surface area contributed by atoms with Crippen LogP contribution in [0, 0.1) is 11.8 Å². The van der Waals surface area contributed by atoms with E-state index in [1.807, 2.05) is 23.1 Å². The van der Waals surface area contributed by atoms with Gasteiger partial charge in [0.25, 0.3) is 0 Å². The molecule has 1 saturated heterocycles. The van der Waals surface area contributed by atoms with Gasteiger partial charge in [0.1, 0.15) is 0 Å². The molecule has 2 aliphatic rings. The lowest BCUT2D eigenvalue weighted by atomic mass is 10.0. The maximum Gasteiger partial charge on any atom is 0.306 e. The molecule has 1 amide bonds. The van der Waals surface area contributed by atoms with Gasteiger partial charge in [0, 0.05) is 25.4 Å². The molecule has 124 valence electrons. The second-order valence-corrected chi connectivity index (χ2v) is 6.51. The smallest absolute Gasteiger partial charge is 0.306 e. The Bertz CT molecular complexity index is 559. The molecule has 1 unspecified atom stereocenters. The van der Waals surface area contributed by atoms with Crippen molar-refractivity contribution in [3.05, 3.63) is 35.9 Å². The highest BCUT2D eigenvalue weighted by Crippen LogP contribution is 2.32. The van der Waals surface area contributed by atoms with Gasteiger partial charge in [0.2, 0.25) is 5.91 Å². The molecule has 3 rings (SSSR count). The summed E-state index contributed by atoms with van der Waals surface area (Å²) in [6, 6.07) is 10.1. The van der Waals surface area contributed by atoms with Gasteiger partial charge in [0.15, 0.2) is 0 Å². The molecule has 0 spiro atoms. The molecule has 1 aliphatic heterocycles. The standard InChI is InChI=1S/C18H23NO4/c20-17(14-6-7-15(11-14)18(21)22)19-8-9-23-16(12-19)10-13-4-2-1-3-5-13/h1-5,14-16H,6-12H2,(H,21,22)/t14-,15+,16?/m0/s1. The minimum atomic E-state index is -0.774. The van der Waals surface area contributed by atoms with Crippen LogP contribution in [0.1, 0.15) is 24.8 Å². The number of hydrogen-bond acceptors (Lipinski definition) is 3. The van der Waals surface area contributed by atoms with E-state index < -0.39 is 5.97 Å². The molecule has 1 aliphatic carbocycles. The third-order valence-corrected chi connectivity index (χ3v) is 4.89. The fraction of sp³-hybridized carbons (Fsp3) is 0.556. The third kappa shape index (κ3) is 3.91. The minimum Gasteiger partial charge on any atom is -0.481 e. The van der Waals surface area contributed by atoms with Crippen molar-refractivity contribution < 1.29 is 19.4 Å². The van der Waals surface area contributed by atoms with Crippen LogP contribution in [-0.2, 0) is 20.7 Å². The first-order chi connectivity index (χ1) is 11.1. The maximum atomic E-state index is 12.6. The van der Waals surface area contributed by atoms with Crippen molar-refractivity contribution in [1.29, 1.82) is 0 Å². The van der Waals surface area contributed by atoms with E-state index in [1.165, 1.54) is 5.56 Å². The summed E-state index contributed by atoms with van der Waals surface area (Å²) in [6.45, 7) is 1.76. The Balaban J connectivity index is 1.56. The largest absolute Gasteiger partial charge is 0.481 e. The van der Waals surface area contributed by atoms with Gasteiger partial charge < -0.3 is 14.7 Å². The highest BCUT2D eigenvalue weighted by Gasteiger charge is 2.37. The minimum absolute atomic E-state index is 0.0202. The third-order valence-electron chi connectivity index (χ3n) is 4.89. The van der Waals surface area contributed by atoms with Gasteiger partial charge >= 0.3 is 5.97 Å². The number of carboxylic acids is 1. The molecule has 0 radical (unpaired) electrons. The summed E-state index contributed by atoms with van der Waals surface area (Å²) in [5.74, 6) is -1.16. The van der Waals surface area contributed by atoms with Crippen molar-refractivity contribution in [3.63, 3.8) is 0 Å². The molecule has 1 heterocycles. The van der Waals surface area contributed by atoms with Crippen molar-refractivity contribution in [2.45, 2.75) is 31.8 Å². The molecular weight excluding hydrogens is 294 g/mol. The molecule has 23 heavy (non-hydrogen) atoms. The zero-order valence-corrected chi connectivity index (χ0v) is 13.2. The average molecular weight is 317 g/mol. The van der Waals surface area contributed by atoms with E-state index in [0.29, 0.717) is 39.0 Å². The number of rotatable bonds is 4. The van der Waals surface area contributed by atoms with Crippen LogP contribution in [-0.4, -0.2) is 47.7 Å². The second kappa shape index (κ2) is 7.13. The van der Waals surface area contributed by atoms with Gasteiger partial charge in [-0.25, -0.2) is 0 Å². The number of ether oxygens (including phenoxy) is 1. The number of aliphatic carboxylic acids is 1. The number of carboxylic acid groups (broad SMARTS) is 1. The van der Waals surface area contributed by atoms with E-state index in [-0.39, 0.29) is 23.8 Å². The van der Waals surface area contributed by atoms with Crippen LogP contribution < -0.4 is 0 Å². The van der Waals surface area contributed by atoms with Gasteiger partial charge in [-0.15, -0.1) is 0 Å². The molecule has 0 bridgehead atoms. The Labute approximate surface area is 136 Å². The Hall–Kier alpha value is -1.88. The number of morpholine rings is 1. The number of carbonyl (C=O) groups excluding carboxylic acids is 1. The summed E-state index contributed by atoms with van der Waals surface area (Å²) >= 11 is 0. The fourth-order valence-electron chi connectivity index (χ4n) is 3.61. The van der Waals surface area contributed by atoms with Gasteiger partial charge in [-0.1, -0.05) is 30.3 Å². The lowest BCUT2D eigenvalue weighted by molar-refractivity contribution is -0.144. The Kier molecular flexibility index (Phi) is 4.96. The average Bonchev–Trinajstić information content (AvgIpc) is 3.06. The summed E-state index contributed by atoms with van der Waals surface area (Å²) in [5, 5.41) is 9.08. The first-order valence-electron chi connectivity index (χ1n) is 8.30. The molecule has 5 heteroatoms. The number of benzene rings is 1. The molecule has 5 nitrogen and oxygen atoms in total. The van der Waals surface area contributed by atoms with E-state index in [0.717, 1.165) is 6.42 Å². The number of carbonyl (C=O) groups is 2. The van der Waals surface area contributed by atoms with E-state index in [9.17, 15) is 9.59 Å². The van der Waals surface area contributed by atoms with Crippen molar-refractivity contribution in [2.75, 3.05) is 19.7 Å². The van der Waals surface area contributed by atoms with Crippen LogP contribution in [0.15, 0.2) is 30.3 Å². The lowest BCUT2D eigenvalue weighted by Gasteiger charge is -2.34. The number of amides is 1. The van der Waals surface area contributed by atoms with Crippen molar-refractivity contribution in [1.82, 2.24) is 4.90 Å². The normalized spacial score (nSPS) is 27.8. The first kappa shape index (κ1) is 16.0.